The third-order valence-corrected chi connectivity index (χ3v) is 2.00. The number of carbonyl (C=O) groups is 1. The summed E-state index contributed by atoms with van der Waals surface area (Å²) in [5.74, 6) is -0.533. The lowest BCUT2D eigenvalue weighted by Gasteiger charge is -2.08. The highest BCUT2D eigenvalue weighted by atomic mass is 19.1. The molecular weight excluding hydrogens is 213 g/mol. The lowest BCUT2D eigenvalue weighted by molar-refractivity contribution is 0.0934. The van der Waals surface area contributed by atoms with Crippen LogP contribution in [0.25, 0.3) is 0 Å². The van der Waals surface area contributed by atoms with Crippen LogP contribution in [0.2, 0.25) is 0 Å². The second kappa shape index (κ2) is 6.07. The monoisotopic (exact) mass is 227 g/mol. The molecule has 0 fully saturated rings. The molecule has 4 nitrogen and oxygen atoms in total. The molecule has 1 N–H and O–H groups in total. The molecule has 0 aliphatic heterocycles. The standard InChI is InChI=1S/C11H14FNO3/c1-15-6-5-13-11(14)9-4-3-8(12)7-10(9)16-2/h3-4,7H,5-6H2,1-2H3,(H,13,14). The van der Waals surface area contributed by atoms with Crippen LogP contribution in [0.4, 0.5) is 4.39 Å². The normalized spacial score (nSPS) is 9.94. The number of benzene rings is 1. The summed E-state index contributed by atoms with van der Waals surface area (Å²) in [4.78, 5) is 11.6. The van der Waals surface area contributed by atoms with Crippen molar-refractivity contribution < 1.29 is 18.7 Å². The van der Waals surface area contributed by atoms with E-state index in [0.29, 0.717) is 18.7 Å². The minimum atomic E-state index is -0.440. The van der Waals surface area contributed by atoms with Gasteiger partial charge in [-0.2, -0.15) is 0 Å². The van der Waals surface area contributed by atoms with E-state index in [4.69, 9.17) is 9.47 Å². The number of halogens is 1. The first-order valence-electron chi connectivity index (χ1n) is 4.79. The van der Waals surface area contributed by atoms with Crippen LogP contribution in [0.3, 0.4) is 0 Å². The van der Waals surface area contributed by atoms with Gasteiger partial charge in [0.05, 0.1) is 19.3 Å². The Balaban J connectivity index is 2.74. The molecule has 0 saturated heterocycles. The van der Waals surface area contributed by atoms with Crippen molar-refractivity contribution in [3.8, 4) is 5.75 Å². The number of ether oxygens (including phenoxy) is 2. The molecule has 0 aliphatic rings. The zero-order chi connectivity index (χ0) is 12.0. The SMILES string of the molecule is COCCNC(=O)c1ccc(F)cc1OC. The molecule has 1 aromatic carbocycles. The Hall–Kier alpha value is -1.62. The highest BCUT2D eigenvalue weighted by molar-refractivity contribution is 5.96. The highest BCUT2D eigenvalue weighted by Gasteiger charge is 2.12. The van der Waals surface area contributed by atoms with Gasteiger partial charge >= 0.3 is 0 Å². The van der Waals surface area contributed by atoms with E-state index in [0.717, 1.165) is 0 Å². The van der Waals surface area contributed by atoms with Crippen molar-refractivity contribution in [3.05, 3.63) is 29.6 Å². The van der Waals surface area contributed by atoms with Gasteiger partial charge in [-0.1, -0.05) is 0 Å². The van der Waals surface area contributed by atoms with Crippen molar-refractivity contribution in [2.75, 3.05) is 27.4 Å². The summed E-state index contributed by atoms with van der Waals surface area (Å²) in [7, 11) is 2.94. The highest BCUT2D eigenvalue weighted by Crippen LogP contribution is 2.19. The third-order valence-electron chi connectivity index (χ3n) is 2.00. The Morgan fingerprint density at radius 1 is 1.44 bits per heavy atom. The van der Waals surface area contributed by atoms with Gasteiger partial charge in [0.15, 0.2) is 0 Å². The van der Waals surface area contributed by atoms with Crippen LogP contribution in [0.5, 0.6) is 5.75 Å². The summed E-state index contributed by atoms with van der Waals surface area (Å²) in [6.07, 6.45) is 0. The van der Waals surface area contributed by atoms with E-state index in [1.165, 1.54) is 25.3 Å². The Kier molecular flexibility index (Phi) is 4.72. The number of methoxy groups -OCH3 is 2. The van der Waals surface area contributed by atoms with E-state index >= 15 is 0 Å². The first-order valence-corrected chi connectivity index (χ1v) is 4.79. The first-order chi connectivity index (χ1) is 7.69. The molecule has 1 rings (SSSR count). The predicted molar refractivity (Wildman–Crippen MR) is 57.2 cm³/mol. The van der Waals surface area contributed by atoms with Crippen LogP contribution in [0.15, 0.2) is 18.2 Å². The van der Waals surface area contributed by atoms with Crippen molar-refractivity contribution >= 4 is 5.91 Å². The molecule has 0 aliphatic carbocycles. The number of rotatable bonds is 5. The Morgan fingerprint density at radius 2 is 2.19 bits per heavy atom. The molecule has 0 atom stereocenters. The lowest BCUT2D eigenvalue weighted by atomic mass is 10.2. The average molecular weight is 227 g/mol. The maximum absolute atomic E-state index is 12.9. The summed E-state index contributed by atoms with van der Waals surface area (Å²) in [5, 5.41) is 2.63. The minimum Gasteiger partial charge on any atom is -0.496 e. The largest absolute Gasteiger partial charge is 0.496 e. The summed E-state index contributed by atoms with van der Waals surface area (Å²) in [6, 6.07) is 3.77. The fraction of sp³-hybridized carbons (Fsp3) is 0.364. The summed E-state index contributed by atoms with van der Waals surface area (Å²) >= 11 is 0. The van der Waals surface area contributed by atoms with Crippen LogP contribution in [-0.4, -0.2) is 33.3 Å². The van der Waals surface area contributed by atoms with Crippen molar-refractivity contribution in [2.24, 2.45) is 0 Å². The van der Waals surface area contributed by atoms with Gasteiger partial charge < -0.3 is 14.8 Å². The van der Waals surface area contributed by atoms with Crippen molar-refractivity contribution in [3.63, 3.8) is 0 Å². The maximum Gasteiger partial charge on any atom is 0.255 e. The van der Waals surface area contributed by atoms with Crippen molar-refractivity contribution in [1.82, 2.24) is 5.32 Å². The van der Waals surface area contributed by atoms with Crippen LogP contribution < -0.4 is 10.1 Å². The van der Waals surface area contributed by atoms with Crippen LogP contribution in [0.1, 0.15) is 10.4 Å². The molecule has 0 aromatic heterocycles. The topological polar surface area (TPSA) is 47.6 Å². The number of carbonyl (C=O) groups excluding carboxylic acids is 1. The Bertz CT molecular complexity index is 368. The third kappa shape index (κ3) is 3.20. The molecule has 16 heavy (non-hydrogen) atoms. The zero-order valence-corrected chi connectivity index (χ0v) is 9.25. The van der Waals surface area contributed by atoms with Gasteiger partial charge in [-0.25, -0.2) is 4.39 Å². The quantitative estimate of drug-likeness (QED) is 0.769. The van der Waals surface area contributed by atoms with Gasteiger partial charge in [-0.3, -0.25) is 4.79 Å². The molecule has 0 saturated carbocycles. The van der Waals surface area contributed by atoms with E-state index in [1.807, 2.05) is 0 Å². The molecule has 0 unspecified atom stereocenters. The number of nitrogens with one attached hydrogen (secondary N) is 1. The van der Waals surface area contributed by atoms with Gasteiger partial charge in [-0.15, -0.1) is 0 Å². The molecule has 0 bridgehead atoms. The van der Waals surface area contributed by atoms with E-state index in [-0.39, 0.29) is 11.7 Å². The number of amides is 1. The van der Waals surface area contributed by atoms with Gasteiger partial charge in [0.25, 0.3) is 5.91 Å². The van der Waals surface area contributed by atoms with Gasteiger partial charge in [0.1, 0.15) is 11.6 Å². The van der Waals surface area contributed by atoms with Crippen LogP contribution >= 0.6 is 0 Å². The molecule has 88 valence electrons. The molecule has 0 heterocycles. The average Bonchev–Trinajstić information content (AvgIpc) is 2.29. The predicted octanol–water partition coefficient (Wildman–Crippen LogP) is 1.21. The minimum absolute atomic E-state index is 0.218. The van der Waals surface area contributed by atoms with Crippen molar-refractivity contribution in [1.29, 1.82) is 0 Å². The van der Waals surface area contributed by atoms with Crippen LogP contribution in [0, 0.1) is 5.82 Å². The summed E-state index contributed by atoms with van der Waals surface area (Å²) in [6.45, 7) is 0.825. The van der Waals surface area contributed by atoms with Gasteiger partial charge in [0, 0.05) is 19.7 Å². The number of hydrogen-bond donors (Lipinski definition) is 1. The molecule has 1 amide bonds. The van der Waals surface area contributed by atoms with E-state index in [1.54, 1.807) is 7.11 Å². The summed E-state index contributed by atoms with van der Waals surface area (Å²) in [5.41, 5.74) is 0.306. The van der Waals surface area contributed by atoms with E-state index in [9.17, 15) is 9.18 Å². The fourth-order valence-electron chi connectivity index (χ4n) is 1.21. The van der Waals surface area contributed by atoms with Crippen molar-refractivity contribution in [2.45, 2.75) is 0 Å². The second-order valence-electron chi connectivity index (χ2n) is 3.09. The number of hydrogen-bond acceptors (Lipinski definition) is 3. The fourth-order valence-corrected chi connectivity index (χ4v) is 1.21. The van der Waals surface area contributed by atoms with E-state index < -0.39 is 5.82 Å². The van der Waals surface area contributed by atoms with Crippen LogP contribution in [-0.2, 0) is 4.74 Å². The lowest BCUT2D eigenvalue weighted by Crippen LogP contribution is -2.27. The molecular formula is C11H14FNO3. The summed E-state index contributed by atoms with van der Waals surface area (Å²) < 4.78 is 22.6. The maximum atomic E-state index is 12.9. The molecule has 5 heteroatoms. The molecule has 0 radical (unpaired) electrons. The molecule has 0 spiro atoms. The first kappa shape index (κ1) is 12.4. The zero-order valence-electron chi connectivity index (χ0n) is 9.25. The smallest absolute Gasteiger partial charge is 0.255 e. The Morgan fingerprint density at radius 3 is 2.81 bits per heavy atom. The van der Waals surface area contributed by atoms with Gasteiger partial charge in [0.2, 0.25) is 0 Å². The second-order valence-corrected chi connectivity index (χ2v) is 3.09. The molecule has 1 aromatic rings. The van der Waals surface area contributed by atoms with Gasteiger partial charge in [-0.05, 0) is 12.1 Å². The Labute approximate surface area is 93.4 Å². The van der Waals surface area contributed by atoms with E-state index in [2.05, 4.69) is 5.32 Å².